The van der Waals surface area contributed by atoms with Crippen LogP contribution in [0.5, 0.6) is 0 Å². The number of oxime groups is 1. The number of hydrogen-bond donors (Lipinski definition) is 2. The van der Waals surface area contributed by atoms with Crippen LogP contribution in [-0.2, 0) is 0 Å². The highest BCUT2D eigenvalue weighted by Gasteiger charge is 2.22. The number of carbonyl (C=O) groups is 1. The Kier molecular flexibility index (Phi) is 4.47. The number of rotatable bonds is 5. The predicted octanol–water partition coefficient (Wildman–Crippen LogP) is 2.28. The van der Waals surface area contributed by atoms with Crippen LogP contribution in [0.1, 0.15) is 24.2 Å². The van der Waals surface area contributed by atoms with E-state index in [1.54, 1.807) is 11.8 Å². The maximum atomic E-state index is 12.6. The van der Waals surface area contributed by atoms with Gasteiger partial charge in [-0.25, -0.2) is 0 Å². The van der Waals surface area contributed by atoms with Gasteiger partial charge in [0.15, 0.2) is 0 Å². The largest absolute Gasteiger partial charge is 0.463 e. The second-order valence-corrected chi connectivity index (χ2v) is 4.92. The van der Waals surface area contributed by atoms with Gasteiger partial charge in [0.1, 0.15) is 17.7 Å². The maximum Gasteiger partial charge on any atom is 0.257 e. The van der Waals surface area contributed by atoms with Crippen LogP contribution in [0, 0.1) is 5.92 Å². The summed E-state index contributed by atoms with van der Waals surface area (Å²) in [5, 5.41) is 12.5. The van der Waals surface area contributed by atoms with E-state index in [0.29, 0.717) is 24.2 Å². The number of carbonyl (C=O) groups excluding carboxylic acids is 1. The number of benzene rings is 1. The van der Waals surface area contributed by atoms with Crippen LogP contribution in [0.15, 0.2) is 40.1 Å². The molecule has 1 aromatic carbocycles. The van der Waals surface area contributed by atoms with Crippen molar-refractivity contribution in [2.75, 3.05) is 13.1 Å². The van der Waals surface area contributed by atoms with Gasteiger partial charge in [-0.15, -0.1) is 0 Å². The van der Waals surface area contributed by atoms with Crippen molar-refractivity contribution in [1.29, 1.82) is 0 Å². The minimum absolute atomic E-state index is 0.110. The first-order valence-electron chi connectivity index (χ1n) is 6.81. The second kappa shape index (κ2) is 6.30. The lowest BCUT2D eigenvalue weighted by Crippen LogP contribution is -2.38. The van der Waals surface area contributed by atoms with Crippen LogP contribution in [-0.4, -0.2) is 34.9 Å². The molecule has 2 rings (SSSR count). The molecule has 1 atom stereocenters. The van der Waals surface area contributed by atoms with Crippen molar-refractivity contribution in [2.45, 2.75) is 13.8 Å². The lowest BCUT2D eigenvalue weighted by atomic mass is 10.1. The lowest BCUT2D eigenvalue weighted by molar-refractivity contribution is 0.0755. The molecule has 0 radical (unpaired) electrons. The van der Waals surface area contributed by atoms with E-state index in [1.807, 2.05) is 31.2 Å². The third-order valence-corrected chi connectivity index (χ3v) is 3.49. The Morgan fingerprint density at radius 3 is 2.86 bits per heavy atom. The first-order chi connectivity index (χ1) is 10.1. The van der Waals surface area contributed by atoms with Crippen LogP contribution < -0.4 is 5.73 Å². The third-order valence-electron chi connectivity index (χ3n) is 3.49. The Balaban J connectivity index is 2.24. The van der Waals surface area contributed by atoms with Gasteiger partial charge in [0.05, 0.1) is 5.56 Å². The standard InChI is InChI=1S/C15H19N3O3/c1-3-18(8-10(2)14(16)17-20)15(19)12-9-21-13-7-5-4-6-11(12)13/h4-7,9-10,20H,3,8H2,1-2H3,(H2,16,17). The van der Waals surface area contributed by atoms with E-state index in [2.05, 4.69) is 5.16 Å². The number of nitrogens with zero attached hydrogens (tertiary/aromatic N) is 2. The summed E-state index contributed by atoms with van der Waals surface area (Å²) in [5.74, 6) is -0.240. The summed E-state index contributed by atoms with van der Waals surface area (Å²) in [6.07, 6.45) is 1.48. The first kappa shape index (κ1) is 14.9. The molecule has 1 aromatic heterocycles. The number of nitrogens with two attached hydrogens (primary N) is 1. The molecule has 6 heteroatoms. The molecule has 6 nitrogen and oxygen atoms in total. The Labute approximate surface area is 122 Å². The van der Waals surface area contributed by atoms with E-state index in [-0.39, 0.29) is 17.7 Å². The molecule has 21 heavy (non-hydrogen) atoms. The average molecular weight is 289 g/mol. The number of furan rings is 1. The summed E-state index contributed by atoms with van der Waals surface area (Å²) in [6, 6.07) is 7.40. The summed E-state index contributed by atoms with van der Waals surface area (Å²) in [5.41, 5.74) is 6.78. The van der Waals surface area contributed by atoms with Gasteiger partial charge in [-0.3, -0.25) is 4.79 Å². The van der Waals surface area contributed by atoms with Crippen LogP contribution >= 0.6 is 0 Å². The van der Waals surface area contributed by atoms with E-state index in [4.69, 9.17) is 15.4 Å². The highest BCUT2D eigenvalue weighted by atomic mass is 16.4. The summed E-state index contributed by atoms with van der Waals surface area (Å²) in [6.45, 7) is 4.60. The molecule has 1 amide bonds. The number of para-hydroxylation sites is 1. The van der Waals surface area contributed by atoms with Crippen molar-refractivity contribution in [3.05, 3.63) is 36.1 Å². The molecular weight excluding hydrogens is 270 g/mol. The van der Waals surface area contributed by atoms with Gasteiger partial charge in [0.25, 0.3) is 5.91 Å². The van der Waals surface area contributed by atoms with Gasteiger partial charge >= 0.3 is 0 Å². The molecule has 2 aromatic rings. The normalized spacial score (nSPS) is 13.3. The molecule has 0 bridgehead atoms. The molecule has 0 saturated carbocycles. The zero-order chi connectivity index (χ0) is 15.4. The number of amides is 1. The highest BCUT2D eigenvalue weighted by molar-refractivity contribution is 6.06. The van der Waals surface area contributed by atoms with Gasteiger partial charge in [-0.05, 0) is 13.0 Å². The van der Waals surface area contributed by atoms with Crippen LogP contribution in [0.25, 0.3) is 11.0 Å². The van der Waals surface area contributed by atoms with E-state index < -0.39 is 0 Å². The zero-order valence-electron chi connectivity index (χ0n) is 12.1. The van der Waals surface area contributed by atoms with Crippen molar-refractivity contribution >= 4 is 22.7 Å². The topological polar surface area (TPSA) is 92.1 Å². The van der Waals surface area contributed by atoms with Gasteiger partial charge in [0, 0.05) is 24.4 Å². The van der Waals surface area contributed by atoms with E-state index in [9.17, 15) is 4.79 Å². The van der Waals surface area contributed by atoms with Gasteiger partial charge < -0.3 is 20.3 Å². The summed E-state index contributed by atoms with van der Waals surface area (Å²) in [4.78, 5) is 14.3. The lowest BCUT2D eigenvalue weighted by Gasteiger charge is -2.23. The number of amidine groups is 1. The summed E-state index contributed by atoms with van der Waals surface area (Å²) in [7, 11) is 0. The van der Waals surface area contributed by atoms with Gasteiger partial charge in [-0.1, -0.05) is 30.3 Å². The molecule has 1 heterocycles. The average Bonchev–Trinajstić information content (AvgIpc) is 2.94. The van der Waals surface area contributed by atoms with Crippen LogP contribution in [0.3, 0.4) is 0 Å². The van der Waals surface area contributed by atoms with Crippen molar-refractivity contribution in [3.63, 3.8) is 0 Å². The Bertz CT molecular complexity index is 663. The zero-order valence-corrected chi connectivity index (χ0v) is 12.1. The molecule has 1 unspecified atom stereocenters. The van der Waals surface area contributed by atoms with Crippen molar-refractivity contribution in [2.24, 2.45) is 16.8 Å². The Morgan fingerprint density at radius 1 is 1.48 bits per heavy atom. The van der Waals surface area contributed by atoms with Gasteiger partial charge in [0.2, 0.25) is 0 Å². The highest BCUT2D eigenvalue weighted by Crippen LogP contribution is 2.22. The molecular formula is C15H19N3O3. The molecule has 0 aliphatic carbocycles. The Hall–Kier alpha value is -2.50. The van der Waals surface area contributed by atoms with E-state index in [1.165, 1.54) is 6.26 Å². The van der Waals surface area contributed by atoms with Crippen molar-refractivity contribution < 1.29 is 14.4 Å². The minimum Gasteiger partial charge on any atom is -0.463 e. The fourth-order valence-electron chi connectivity index (χ4n) is 2.19. The molecule has 0 fully saturated rings. The third kappa shape index (κ3) is 2.99. The minimum atomic E-state index is -0.225. The SMILES string of the molecule is CCN(CC(C)C(N)=NO)C(=O)c1coc2ccccc12. The van der Waals surface area contributed by atoms with Crippen molar-refractivity contribution in [1.82, 2.24) is 4.90 Å². The first-order valence-corrected chi connectivity index (χ1v) is 6.81. The molecule has 3 N–H and O–H groups in total. The fourth-order valence-corrected chi connectivity index (χ4v) is 2.19. The quantitative estimate of drug-likeness (QED) is 0.382. The molecule has 112 valence electrons. The smallest absolute Gasteiger partial charge is 0.257 e. The van der Waals surface area contributed by atoms with E-state index in [0.717, 1.165) is 5.39 Å². The monoisotopic (exact) mass is 289 g/mol. The number of fused-ring (bicyclic) bond motifs is 1. The predicted molar refractivity (Wildman–Crippen MR) is 80.4 cm³/mol. The van der Waals surface area contributed by atoms with Crippen LogP contribution in [0.4, 0.5) is 0 Å². The maximum absolute atomic E-state index is 12.6. The molecule has 0 spiro atoms. The summed E-state index contributed by atoms with van der Waals surface area (Å²) < 4.78 is 5.40. The van der Waals surface area contributed by atoms with Crippen molar-refractivity contribution in [3.8, 4) is 0 Å². The second-order valence-electron chi connectivity index (χ2n) is 4.92. The van der Waals surface area contributed by atoms with E-state index >= 15 is 0 Å². The molecule has 0 aliphatic rings. The fraction of sp³-hybridized carbons (Fsp3) is 0.333. The summed E-state index contributed by atoms with van der Waals surface area (Å²) >= 11 is 0. The molecule has 0 aliphatic heterocycles. The van der Waals surface area contributed by atoms with Gasteiger partial charge in [-0.2, -0.15) is 0 Å². The van der Waals surface area contributed by atoms with Crippen LogP contribution in [0.2, 0.25) is 0 Å². The number of hydrogen-bond acceptors (Lipinski definition) is 4. The Morgan fingerprint density at radius 2 is 2.19 bits per heavy atom. The molecule has 0 saturated heterocycles.